The summed E-state index contributed by atoms with van der Waals surface area (Å²) in [6.45, 7) is 1.40. The van der Waals surface area contributed by atoms with Crippen LogP contribution in [0.3, 0.4) is 0 Å². The van der Waals surface area contributed by atoms with Gasteiger partial charge in [-0.3, -0.25) is 9.48 Å². The van der Waals surface area contributed by atoms with Crippen molar-refractivity contribution >= 4 is 40.0 Å². The Hall–Kier alpha value is -2.04. The lowest BCUT2D eigenvalue weighted by atomic mass is 10.0. The van der Waals surface area contributed by atoms with E-state index >= 15 is 0 Å². The maximum Gasteiger partial charge on any atom is 0.222 e. The number of hydrogen-bond acceptors (Lipinski definition) is 2. The second-order valence-electron chi connectivity index (χ2n) is 6.32. The highest BCUT2D eigenvalue weighted by Gasteiger charge is 2.23. The molecule has 1 aliphatic heterocycles. The Bertz CT molecular complexity index is 980. The first kappa shape index (κ1) is 16.4. The lowest BCUT2D eigenvalue weighted by Crippen LogP contribution is -2.25. The molecule has 0 saturated carbocycles. The maximum absolute atomic E-state index is 12.0. The van der Waals surface area contributed by atoms with Gasteiger partial charge in [-0.1, -0.05) is 47.5 Å². The number of nitrogens with zero attached hydrogens (tertiary/aromatic N) is 3. The number of hydrogen-bond donors (Lipinski definition) is 0. The normalized spacial score (nSPS) is 14.7. The largest absolute Gasteiger partial charge is 0.337 e. The summed E-state index contributed by atoms with van der Waals surface area (Å²) in [6.07, 6.45) is 1.57. The molecule has 0 spiro atoms. The van der Waals surface area contributed by atoms with E-state index in [0.717, 1.165) is 40.7 Å². The molecule has 6 heteroatoms. The van der Waals surface area contributed by atoms with Crippen LogP contribution in [0, 0.1) is 0 Å². The number of aryl methyl sites for hydroxylation is 1. The fourth-order valence-corrected chi connectivity index (χ4v) is 3.94. The number of benzene rings is 2. The number of aromatic nitrogens is 2. The van der Waals surface area contributed by atoms with E-state index in [0.29, 0.717) is 23.0 Å². The first-order valence-corrected chi connectivity index (χ1v) is 8.98. The van der Waals surface area contributed by atoms with E-state index in [2.05, 4.69) is 0 Å². The van der Waals surface area contributed by atoms with Gasteiger partial charge in [0, 0.05) is 46.6 Å². The number of amides is 1. The van der Waals surface area contributed by atoms with Crippen molar-refractivity contribution in [3.63, 3.8) is 0 Å². The molecule has 0 aliphatic carbocycles. The summed E-state index contributed by atoms with van der Waals surface area (Å²) in [5.41, 5.74) is 3.79. The number of halogens is 2. The summed E-state index contributed by atoms with van der Waals surface area (Å²) in [7, 11) is 1.92. The molecule has 0 atom stereocenters. The molecule has 1 fully saturated rings. The Morgan fingerprint density at radius 3 is 2.72 bits per heavy atom. The van der Waals surface area contributed by atoms with Gasteiger partial charge in [-0.15, -0.1) is 0 Å². The maximum atomic E-state index is 12.0. The van der Waals surface area contributed by atoms with Gasteiger partial charge < -0.3 is 4.90 Å². The minimum absolute atomic E-state index is 0.214. The van der Waals surface area contributed by atoms with Gasteiger partial charge in [-0.05, 0) is 18.6 Å². The van der Waals surface area contributed by atoms with E-state index < -0.39 is 0 Å². The summed E-state index contributed by atoms with van der Waals surface area (Å²) in [6, 6.07) is 11.5. The van der Waals surface area contributed by atoms with E-state index in [4.69, 9.17) is 28.3 Å². The van der Waals surface area contributed by atoms with Gasteiger partial charge >= 0.3 is 0 Å². The summed E-state index contributed by atoms with van der Waals surface area (Å²) in [5.74, 6) is 0.214. The van der Waals surface area contributed by atoms with Crippen molar-refractivity contribution in [2.24, 2.45) is 7.05 Å². The third-order valence-corrected chi connectivity index (χ3v) is 5.27. The molecule has 2 heterocycles. The number of carbonyl (C=O) groups excluding carboxylic acids is 1. The van der Waals surface area contributed by atoms with Crippen LogP contribution in [0.2, 0.25) is 10.0 Å². The van der Waals surface area contributed by atoms with Crippen molar-refractivity contribution in [1.29, 1.82) is 0 Å². The van der Waals surface area contributed by atoms with E-state index in [9.17, 15) is 4.79 Å². The molecule has 1 saturated heterocycles. The average molecular weight is 374 g/mol. The molecular weight excluding hydrogens is 357 g/mol. The quantitative estimate of drug-likeness (QED) is 0.668. The smallest absolute Gasteiger partial charge is 0.222 e. The molecule has 0 N–H and O–H groups in total. The molecule has 1 aromatic heterocycles. The van der Waals surface area contributed by atoms with Crippen molar-refractivity contribution in [3.05, 3.63) is 52.1 Å². The minimum atomic E-state index is 0.214. The third kappa shape index (κ3) is 2.90. The standard InChI is InChI=1S/C19H17Cl2N3O/c1-23-17(11-24-9-3-6-18(24)25)15-5-2-4-14(19(15)22-23)13-8-7-12(20)10-16(13)21/h2,4-5,7-8,10H,3,6,9,11H2,1H3. The Labute approximate surface area is 155 Å². The summed E-state index contributed by atoms with van der Waals surface area (Å²) in [5, 5.41) is 6.96. The van der Waals surface area contributed by atoms with Gasteiger partial charge in [0.05, 0.1) is 12.2 Å². The molecule has 0 bridgehead atoms. The Kier molecular flexibility index (Phi) is 4.18. The van der Waals surface area contributed by atoms with Crippen LogP contribution in [0.5, 0.6) is 0 Å². The van der Waals surface area contributed by atoms with Crippen molar-refractivity contribution in [3.8, 4) is 11.1 Å². The van der Waals surface area contributed by atoms with Gasteiger partial charge in [0.2, 0.25) is 5.91 Å². The zero-order valence-electron chi connectivity index (χ0n) is 13.8. The molecule has 25 heavy (non-hydrogen) atoms. The van der Waals surface area contributed by atoms with Crippen molar-refractivity contribution < 1.29 is 4.79 Å². The molecule has 128 valence electrons. The van der Waals surface area contributed by atoms with Crippen molar-refractivity contribution in [2.75, 3.05) is 6.54 Å². The van der Waals surface area contributed by atoms with Crippen LogP contribution in [0.4, 0.5) is 0 Å². The highest BCUT2D eigenvalue weighted by atomic mass is 35.5. The third-order valence-electron chi connectivity index (χ3n) is 4.72. The van der Waals surface area contributed by atoms with Gasteiger partial charge in [0.25, 0.3) is 0 Å². The predicted molar refractivity (Wildman–Crippen MR) is 101 cm³/mol. The number of fused-ring (bicyclic) bond motifs is 1. The van der Waals surface area contributed by atoms with Crippen molar-refractivity contribution in [1.82, 2.24) is 14.7 Å². The fourth-order valence-electron chi connectivity index (χ4n) is 3.43. The van der Waals surface area contributed by atoms with Gasteiger partial charge in [0.1, 0.15) is 5.52 Å². The SMILES string of the molecule is Cn1nc2c(-c3ccc(Cl)cc3Cl)cccc2c1CN1CCCC1=O. The molecule has 3 aromatic rings. The lowest BCUT2D eigenvalue weighted by Gasteiger charge is -2.15. The Morgan fingerprint density at radius 1 is 1.16 bits per heavy atom. The average Bonchev–Trinajstić information content (AvgIpc) is 3.12. The Balaban J connectivity index is 1.83. The minimum Gasteiger partial charge on any atom is -0.337 e. The molecular formula is C19H17Cl2N3O. The van der Waals surface area contributed by atoms with Crippen LogP contribution >= 0.6 is 23.2 Å². The zero-order chi connectivity index (χ0) is 17.6. The molecule has 1 aliphatic rings. The first-order valence-electron chi connectivity index (χ1n) is 8.22. The zero-order valence-corrected chi connectivity index (χ0v) is 15.3. The van der Waals surface area contributed by atoms with Crippen LogP contribution in [0.1, 0.15) is 18.5 Å². The van der Waals surface area contributed by atoms with Crippen LogP contribution in [0.25, 0.3) is 22.0 Å². The van der Waals surface area contributed by atoms with E-state index in [1.165, 1.54) is 0 Å². The molecule has 0 radical (unpaired) electrons. The molecule has 1 amide bonds. The molecule has 0 unspecified atom stereocenters. The van der Waals surface area contributed by atoms with Crippen LogP contribution in [-0.2, 0) is 18.4 Å². The van der Waals surface area contributed by atoms with Gasteiger partial charge in [-0.2, -0.15) is 5.10 Å². The second-order valence-corrected chi connectivity index (χ2v) is 7.16. The van der Waals surface area contributed by atoms with Gasteiger partial charge in [-0.25, -0.2) is 0 Å². The lowest BCUT2D eigenvalue weighted by molar-refractivity contribution is -0.128. The number of likely N-dealkylation sites (tertiary alicyclic amines) is 1. The fraction of sp³-hybridized carbons (Fsp3) is 0.263. The topological polar surface area (TPSA) is 38.1 Å². The second kappa shape index (κ2) is 6.36. The molecule has 2 aromatic carbocycles. The summed E-state index contributed by atoms with van der Waals surface area (Å²) >= 11 is 12.4. The van der Waals surface area contributed by atoms with Gasteiger partial charge in [0.15, 0.2) is 0 Å². The van der Waals surface area contributed by atoms with E-state index in [1.54, 1.807) is 6.07 Å². The monoisotopic (exact) mass is 373 g/mol. The number of rotatable bonds is 3. The summed E-state index contributed by atoms with van der Waals surface area (Å²) in [4.78, 5) is 13.9. The van der Waals surface area contributed by atoms with Crippen LogP contribution < -0.4 is 0 Å². The predicted octanol–water partition coefficient (Wildman–Crippen LogP) is 4.67. The summed E-state index contributed by atoms with van der Waals surface area (Å²) < 4.78 is 1.86. The van der Waals surface area contributed by atoms with Crippen LogP contribution in [0.15, 0.2) is 36.4 Å². The highest BCUT2D eigenvalue weighted by molar-refractivity contribution is 6.36. The molecule has 4 rings (SSSR count). The van der Waals surface area contributed by atoms with E-state index in [-0.39, 0.29) is 5.91 Å². The van der Waals surface area contributed by atoms with E-state index in [1.807, 2.05) is 47.0 Å². The van der Waals surface area contributed by atoms with Crippen LogP contribution in [-0.4, -0.2) is 27.1 Å². The first-order chi connectivity index (χ1) is 12.0. The molecule has 4 nitrogen and oxygen atoms in total. The van der Waals surface area contributed by atoms with Crippen molar-refractivity contribution in [2.45, 2.75) is 19.4 Å². The number of carbonyl (C=O) groups is 1. The Morgan fingerprint density at radius 2 is 2.00 bits per heavy atom. The highest BCUT2D eigenvalue weighted by Crippen LogP contribution is 2.35.